The molecule has 2 aromatic rings. The van der Waals surface area contributed by atoms with Crippen LogP contribution in [0.3, 0.4) is 0 Å². The van der Waals surface area contributed by atoms with Gasteiger partial charge in [0.2, 0.25) is 0 Å². The van der Waals surface area contributed by atoms with E-state index in [1.165, 1.54) is 4.31 Å². The fourth-order valence-electron chi connectivity index (χ4n) is 2.86. The molecular weight excluding hydrogens is 314 g/mol. The fraction of sp³-hybridized carbons (Fsp3) is 0.467. The zero-order chi connectivity index (χ0) is 16.4. The van der Waals surface area contributed by atoms with Crippen LogP contribution in [0.4, 0.5) is 0 Å². The maximum absolute atomic E-state index is 12.3. The van der Waals surface area contributed by atoms with Gasteiger partial charge in [-0.15, -0.1) is 0 Å². The molecule has 0 aromatic carbocycles. The molecule has 124 valence electrons. The number of hydrogen-bond acceptors (Lipinski definition) is 4. The first-order chi connectivity index (χ1) is 11.0. The van der Waals surface area contributed by atoms with Gasteiger partial charge in [-0.05, 0) is 25.0 Å². The first-order valence-electron chi connectivity index (χ1n) is 7.60. The zero-order valence-corrected chi connectivity index (χ0v) is 14.1. The van der Waals surface area contributed by atoms with Crippen molar-refractivity contribution in [3.8, 4) is 5.69 Å². The van der Waals surface area contributed by atoms with E-state index in [9.17, 15) is 8.42 Å². The second kappa shape index (κ2) is 6.38. The molecule has 1 fully saturated rings. The van der Waals surface area contributed by atoms with Crippen molar-refractivity contribution in [1.29, 1.82) is 0 Å². The molecule has 8 heteroatoms. The third-order valence-corrected chi connectivity index (χ3v) is 6.06. The van der Waals surface area contributed by atoms with Crippen molar-refractivity contribution in [3.63, 3.8) is 0 Å². The molecule has 0 radical (unpaired) electrons. The SMILES string of the molecule is CN(C)S(=O)(=O)N1CCC[C@@H](c2cc(-n3ccnc3)ccn2)C1. The molecule has 0 unspecified atom stereocenters. The molecule has 7 nitrogen and oxygen atoms in total. The molecule has 1 aliphatic rings. The molecule has 1 saturated heterocycles. The summed E-state index contributed by atoms with van der Waals surface area (Å²) >= 11 is 0. The Morgan fingerprint density at radius 1 is 1.30 bits per heavy atom. The first-order valence-corrected chi connectivity index (χ1v) is 9.00. The van der Waals surface area contributed by atoms with Crippen LogP contribution in [-0.4, -0.2) is 58.7 Å². The van der Waals surface area contributed by atoms with Crippen LogP contribution in [0.15, 0.2) is 37.1 Å². The van der Waals surface area contributed by atoms with Crippen LogP contribution in [0.25, 0.3) is 5.69 Å². The smallest absolute Gasteiger partial charge is 0.281 e. The van der Waals surface area contributed by atoms with Crippen molar-refractivity contribution >= 4 is 10.2 Å². The number of piperidine rings is 1. The summed E-state index contributed by atoms with van der Waals surface area (Å²) in [6.07, 6.45) is 8.90. The van der Waals surface area contributed by atoms with E-state index in [4.69, 9.17) is 0 Å². The van der Waals surface area contributed by atoms with E-state index >= 15 is 0 Å². The summed E-state index contributed by atoms with van der Waals surface area (Å²) in [6.45, 7) is 1.04. The highest BCUT2D eigenvalue weighted by Gasteiger charge is 2.31. The van der Waals surface area contributed by atoms with Crippen LogP contribution in [0.1, 0.15) is 24.5 Å². The number of rotatable bonds is 4. The Hall–Kier alpha value is -1.77. The van der Waals surface area contributed by atoms with E-state index in [2.05, 4.69) is 9.97 Å². The van der Waals surface area contributed by atoms with Gasteiger partial charge >= 0.3 is 0 Å². The Labute approximate surface area is 136 Å². The molecule has 0 N–H and O–H groups in total. The lowest BCUT2D eigenvalue weighted by atomic mass is 9.95. The lowest BCUT2D eigenvalue weighted by Gasteiger charge is -2.33. The number of imidazole rings is 1. The molecule has 0 spiro atoms. The second-order valence-electron chi connectivity index (χ2n) is 5.90. The van der Waals surface area contributed by atoms with Gasteiger partial charge in [0.1, 0.15) is 0 Å². The molecular formula is C15H21N5O2S. The number of aromatic nitrogens is 3. The van der Waals surface area contributed by atoms with Gasteiger partial charge in [0.05, 0.1) is 6.33 Å². The van der Waals surface area contributed by atoms with E-state index in [1.807, 2.05) is 22.9 Å². The Kier molecular flexibility index (Phi) is 4.47. The average Bonchev–Trinajstić information content (AvgIpc) is 3.09. The summed E-state index contributed by atoms with van der Waals surface area (Å²) in [5.41, 5.74) is 1.91. The monoisotopic (exact) mass is 335 g/mol. The maximum Gasteiger partial charge on any atom is 0.281 e. The molecule has 0 amide bonds. The van der Waals surface area contributed by atoms with Gasteiger partial charge in [-0.1, -0.05) is 0 Å². The molecule has 1 aliphatic heterocycles. The Balaban J connectivity index is 1.83. The highest BCUT2D eigenvalue weighted by atomic mass is 32.2. The minimum atomic E-state index is -3.37. The van der Waals surface area contributed by atoms with Crippen LogP contribution >= 0.6 is 0 Å². The highest BCUT2D eigenvalue weighted by Crippen LogP contribution is 2.28. The summed E-state index contributed by atoms with van der Waals surface area (Å²) in [4.78, 5) is 8.52. The van der Waals surface area contributed by atoms with Gasteiger partial charge in [-0.2, -0.15) is 17.0 Å². The number of pyridine rings is 1. The topological polar surface area (TPSA) is 71.3 Å². The van der Waals surface area contributed by atoms with Gasteiger partial charge < -0.3 is 4.57 Å². The predicted octanol–water partition coefficient (Wildman–Crippen LogP) is 1.25. The minimum absolute atomic E-state index is 0.113. The van der Waals surface area contributed by atoms with Gasteiger partial charge in [0, 0.05) is 63.1 Å². The Morgan fingerprint density at radius 2 is 2.13 bits per heavy atom. The van der Waals surface area contributed by atoms with E-state index in [0.29, 0.717) is 13.1 Å². The van der Waals surface area contributed by atoms with E-state index in [-0.39, 0.29) is 5.92 Å². The summed E-state index contributed by atoms with van der Waals surface area (Å²) in [5, 5.41) is 0. The molecule has 23 heavy (non-hydrogen) atoms. The molecule has 0 saturated carbocycles. The minimum Gasteiger partial charge on any atom is -0.306 e. The fourth-order valence-corrected chi connectivity index (χ4v) is 4.05. The van der Waals surface area contributed by atoms with Crippen molar-refractivity contribution < 1.29 is 8.42 Å². The second-order valence-corrected chi connectivity index (χ2v) is 8.04. The van der Waals surface area contributed by atoms with Gasteiger partial charge in [-0.3, -0.25) is 4.98 Å². The highest BCUT2D eigenvalue weighted by molar-refractivity contribution is 7.86. The van der Waals surface area contributed by atoms with Crippen molar-refractivity contribution in [2.45, 2.75) is 18.8 Å². The molecule has 2 aromatic heterocycles. The van der Waals surface area contributed by atoms with Crippen LogP contribution in [-0.2, 0) is 10.2 Å². The maximum atomic E-state index is 12.3. The van der Waals surface area contributed by atoms with Crippen LogP contribution in [0.5, 0.6) is 0 Å². The largest absolute Gasteiger partial charge is 0.306 e. The zero-order valence-electron chi connectivity index (χ0n) is 13.3. The van der Waals surface area contributed by atoms with Crippen LogP contribution in [0, 0.1) is 0 Å². The summed E-state index contributed by atoms with van der Waals surface area (Å²) in [6, 6.07) is 3.93. The third kappa shape index (κ3) is 3.29. The van der Waals surface area contributed by atoms with Crippen molar-refractivity contribution in [2.75, 3.05) is 27.2 Å². The van der Waals surface area contributed by atoms with Crippen LogP contribution < -0.4 is 0 Å². The van der Waals surface area contributed by atoms with E-state index < -0.39 is 10.2 Å². The lowest BCUT2D eigenvalue weighted by Crippen LogP contribution is -2.45. The molecule has 1 atom stereocenters. The van der Waals surface area contributed by atoms with Gasteiger partial charge in [-0.25, -0.2) is 4.98 Å². The van der Waals surface area contributed by atoms with Gasteiger partial charge in [0.15, 0.2) is 0 Å². The number of hydrogen-bond donors (Lipinski definition) is 0. The number of nitrogens with zero attached hydrogens (tertiary/aromatic N) is 5. The normalized spacial score (nSPS) is 20.0. The Morgan fingerprint density at radius 3 is 2.83 bits per heavy atom. The lowest BCUT2D eigenvalue weighted by molar-refractivity contribution is 0.296. The third-order valence-electron chi connectivity index (χ3n) is 4.16. The standard InChI is InChI=1S/C15H21N5O2S/c1-18(2)23(21,22)20-8-3-4-13(11-20)15-10-14(5-6-17-15)19-9-7-16-12-19/h5-7,9-10,12-13H,3-4,8,11H2,1-2H3/t13-/m1/s1. The Bertz CT molecular complexity index is 758. The van der Waals surface area contributed by atoms with Crippen molar-refractivity contribution in [1.82, 2.24) is 23.1 Å². The summed E-state index contributed by atoms with van der Waals surface area (Å²) < 4.78 is 29.4. The summed E-state index contributed by atoms with van der Waals surface area (Å²) in [7, 11) is -0.238. The van der Waals surface area contributed by atoms with Crippen molar-refractivity contribution in [2.24, 2.45) is 0 Å². The predicted molar refractivity (Wildman–Crippen MR) is 87.5 cm³/mol. The average molecular weight is 335 g/mol. The van der Waals surface area contributed by atoms with Crippen molar-refractivity contribution in [3.05, 3.63) is 42.7 Å². The molecule has 0 bridgehead atoms. The van der Waals surface area contributed by atoms with E-state index in [1.54, 1.807) is 37.1 Å². The van der Waals surface area contributed by atoms with E-state index in [0.717, 1.165) is 24.2 Å². The quantitative estimate of drug-likeness (QED) is 0.843. The molecule has 0 aliphatic carbocycles. The van der Waals surface area contributed by atoms with Gasteiger partial charge in [0.25, 0.3) is 10.2 Å². The molecule has 3 rings (SSSR count). The van der Waals surface area contributed by atoms with Crippen LogP contribution in [0.2, 0.25) is 0 Å². The summed E-state index contributed by atoms with van der Waals surface area (Å²) in [5.74, 6) is 0.113. The molecule has 3 heterocycles. The first kappa shape index (κ1) is 16.1.